The Kier molecular flexibility index (Phi) is 13.2. The summed E-state index contributed by atoms with van der Waals surface area (Å²) >= 11 is 1.55. The summed E-state index contributed by atoms with van der Waals surface area (Å²) in [6.07, 6.45) is 8.54. The summed E-state index contributed by atoms with van der Waals surface area (Å²) in [6, 6.07) is 8.24. The SMILES string of the molecule is C/C=C\C(=C1\CCC(NCCC(O)CCNC)C1)c1nnc(-c2ccc(OC(C)C)c(C#N)c2)s1.C=O. The first-order valence-electron chi connectivity index (χ1n) is 12.7. The lowest BCUT2D eigenvalue weighted by Crippen LogP contribution is -2.30. The van der Waals surface area contributed by atoms with Crippen molar-refractivity contribution in [2.24, 2.45) is 0 Å². The molecule has 2 aromatic rings. The summed E-state index contributed by atoms with van der Waals surface area (Å²) < 4.78 is 5.74. The van der Waals surface area contributed by atoms with Crippen LogP contribution in [-0.4, -0.2) is 60.5 Å². The van der Waals surface area contributed by atoms with Crippen molar-refractivity contribution in [3.05, 3.63) is 46.5 Å². The van der Waals surface area contributed by atoms with Crippen molar-refractivity contribution in [1.82, 2.24) is 20.8 Å². The number of hydrogen-bond acceptors (Lipinski definition) is 9. The van der Waals surface area contributed by atoms with Crippen LogP contribution in [0.25, 0.3) is 16.1 Å². The molecule has 0 saturated heterocycles. The quantitative estimate of drug-likeness (QED) is 0.370. The minimum absolute atomic E-state index is 0.00393. The standard InChI is InChI=1S/C27H37N5O2S.CH2O/c1-5-6-24(19-7-9-22(16-19)30-14-12-23(33)11-13-29-4)27-32-31-26(35-27)20-8-10-25(34-18(2)3)21(15-20)17-28;1-2/h5-6,8,10,15,18,22-23,29-30,33H,7,9,11-14,16H2,1-4H3;1H2/b6-5-,24-19+;. The van der Waals surface area contributed by atoms with E-state index in [0.29, 0.717) is 17.4 Å². The Balaban J connectivity index is 0.00000235. The second kappa shape index (κ2) is 16.0. The van der Waals surface area contributed by atoms with E-state index in [2.05, 4.69) is 33.0 Å². The molecule has 0 spiro atoms. The molecule has 8 nitrogen and oxygen atoms in total. The molecule has 0 aliphatic heterocycles. The smallest absolute Gasteiger partial charge is 0.148 e. The van der Waals surface area contributed by atoms with Gasteiger partial charge in [-0.2, -0.15) is 5.26 Å². The number of hydrogen-bond donors (Lipinski definition) is 3. The number of allylic oxidation sites excluding steroid dienone is 3. The predicted octanol–water partition coefficient (Wildman–Crippen LogP) is 4.51. The van der Waals surface area contributed by atoms with Crippen LogP contribution in [0.4, 0.5) is 0 Å². The van der Waals surface area contributed by atoms with E-state index in [1.54, 1.807) is 11.3 Å². The number of aromatic nitrogens is 2. The summed E-state index contributed by atoms with van der Waals surface area (Å²) in [5, 5.41) is 37.0. The van der Waals surface area contributed by atoms with Crippen LogP contribution in [-0.2, 0) is 4.79 Å². The lowest BCUT2D eigenvalue weighted by Gasteiger charge is -2.14. The van der Waals surface area contributed by atoms with Crippen LogP contribution in [0.15, 0.2) is 35.9 Å². The minimum Gasteiger partial charge on any atom is -0.490 e. The summed E-state index contributed by atoms with van der Waals surface area (Å²) in [7, 11) is 1.91. The third kappa shape index (κ3) is 9.17. The van der Waals surface area contributed by atoms with E-state index in [-0.39, 0.29) is 12.2 Å². The maximum Gasteiger partial charge on any atom is 0.148 e. The Morgan fingerprint density at radius 3 is 2.76 bits per heavy atom. The van der Waals surface area contributed by atoms with Crippen molar-refractivity contribution in [3.63, 3.8) is 0 Å². The van der Waals surface area contributed by atoms with E-state index in [1.165, 1.54) is 5.57 Å². The fourth-order valence-corrected chi connectivity index (χ4v) is 5.15. The van der Waals surface area contributed by atoms with Crippen LogP contribution in [0.3, 0.4) is 0 Å². The monoisotopic (exact) mass is 525 g/mol. The molecule has 0 radical (unpaired) electrons. The highest BCUT2D eigenvalue weighted by Crippen LogP contribution is 2.36. The molecule has 1 fully saturated rings. The van der Waals surface area contributed by atoms with Crippen molar-refractivity contribution >= 4 is 23.7 Å². The molecular formula is C28H39N5O3S. The normalized spacial score (nSPS) is 17.4. The van der Waals surface area contributed by atoms with Gasteiger partial charge in [-0.25, -0.2) is 0 Å². The Morgan fingerprint density at radius 1 is 1.32 bits per heavy atom. The topological polar surface area (TPSA) is 120 Å². The molecule has 2 unspecified atom stereocenters. The third-order valence-corrected chi connectivity index (χ3v) is 7.01. The number of nitrogens with zero attached hydrogens (tertiary/aromatic N) is 3. The van der Waals surface area contributed by atoms with Gasteiger partial charge in [-0.05, 0) is 91.2 Å². The molecule has 3 rings (SSSR count). The number of aliphatic hydroxyl groups excluding tert-OH is 1. The highest BCUT2D eigenvalue weighted by atomic mass is 32.1. The summed E-state index contributed by atoms with van der Waals surface area (Å²) in [4.78, 5) is 8.00. The maximum atomic E-state index is 10.1. The van der Waals surface area contributed by atoms with Crippen molar-refractivity contribution in [2.75, 3.05) is 20.1 Å². The van der Waals surface area contributed by atoms with Crippen molar-refractivity contribution in [2.45, 2.75) is 71.1 Å². The number of aliphatic hydroxyl groups is 1. The molecule has 1 aromatic carbocycles. The van der Waals surface area contributed by atoms with Gasteiger partial charge in [0, 0.05) is 17.2 Å². The van der Waals surface area contributed by atoms with Gasteiger partial charge in [-0.1, -0.05) is 29.1 Å². The zero-order valence-electron chi connectivity index (χ0n) is 22.3. The third-order valence-electron chi connectivity index (χ3n) is 6.00. The summed E-state index contributed by atoms with van der Waals surface area (Å²) in [5.41, 5.74) is 3.90. The van der Waals surface area contributed by atoms with Gasteiger partial charge >= 0.3 is 0 Å². The van der Waals surface area contributed by atoms with E-state index >= 15 is 0 Å². The molecule has 1 saturated carbocycles. The Hall–Kier alpha value is -2.90. The fraction of sp³-hybridized carbons (Fsp3) is 0.500. The summed E-state index contributed by atoms with van der Waals surface area (Å²) in [5.74, 6) is 0.590. The highest BCUT2D eigenvalue weighted by Gasteiger charge is 2.23. The first-order valence-corrected chi connectivity index (χ1v) is 13.5. The highest BCUT2D eigenvalue weighted by molar-refractivity contribution is 7.15. The zero-order chi connectivity index (χ0) is 27.2. The number of carbonyl (C=O) groups is 1. The molecule has 9 heteroatoms. The molecule has 200 valence electrons. The lowest BCUT2D eigenvalue weighted by molar-refractivity contribution is -0.0980. The molecule has 3 N–H and O–H groups in total. The van der Waals surface area contributed by atoms with E-state index in [1.807, 2.05) is 58.9 Å². The molecule has 2 atom stereocenters. The van der Waals surface area contributed by atoms with E-state index in [9.17, 15) is 10.4 Å². The van der Waals surface area contributed by atoms with E-state index in [0.717, 1.165) is 66.3 Å². The number of benzene rings is 1. The fourth-order valence-electron chi connectivity index (χ4n) is 4.24. The van der Waals surface area contributed by atoms with Gasteiger partial charge in [0.05, 0.1) is 17.8 Å². The average molecular weight is 526 g/mol. The molecule has 1 aliphatic carbocycles. The second-order valence-corrected chi connectivity index (χ2v) is 10.1. The largest absolute Gasteiger partial charge is 0.490 e. The van der Waals surface area contributed by atoms with Gasteiger partial charge in [-0.3, -0.25) is 0 Å². The van der Waals surface area contributed by atoms with Gasteiger partial charge in [0.2, 0.25) is 0 Å². The Morgan fingerprint density at radius 2 is 2.08 bits per heavy atom. The molecular weight excluding hydrogens is 486 g/mol. The van der Waals surface area contributed by atoms with Crippen molar-refractivity contribution in [3.8, 4) is 22.4 Å². The average Bonchev–Trinajstić information content (AvgIpc) is 3.57. The molecule has 1 aliphatic rings. The molecule has 0 bridgehead atoms. The molecule has 1 aromatic heterocycles. The van der Waals surface area contributed by atoms with Gasteiger partial charge in [-0.15, -0.1) is 10.2 Å². The van der Waals surface area contributed by atoms with E-state index < -0.39 is 0 Å². The van der Waals surface area contributed by atoms with Crippen LogP contribution in [0.5, 0.6) is 5.75 Å². The number of carbonyl (C=O) groups excluding carboxylic acids is 1. The number of rotatable bonds is 12. The van der Waals surface area contributed by atoms with Gasteiger partial charge in [0.1, 0.15) is 28.6 Å². The van der Waals surface area contributed by atoms with Crippen LogP contribution in [0.2, 0.25) is 0 Å². The van der Waals surface area contributed by atoms with Crippen LogP contribution >= 0.6 is 11.3 Å². The molecule has 1 heterocycles. The Bertz CT molecular complexity index is 1090. The van der Waals surface area contributed by atoms with Gasteiger partial charge < -0.3 is 25.3 Å². The van der Waals surface area contributed by atoms with Crippen LogP contribution in [0, 0.1) is 11.3 Å². The first-order chi connectivity index (χ1) is 17.9. The second-order valence-electron chi connectivity index (χ2n) is 9.15. The number of nitrogens with one attached hydrogen (secondary N) is 2. The summed E-state index contributed by atoms with van der Waals surface area (Å²) in [6.45, 7) is 9.57. The van der Waals surface area contributed by atoms with Gasteiger partial charge in [0.25, 0.3) is 0 Å². The van der Waals surface area contributed by atoms with E-state index in [4.69, 9.17) is 9.53 Å². The zero-order valence-corrected chi connectivity index (χ0v) is 23.1. The van der Waals surface area contributed by atoms with Crippen LogP contribution < -0.4 is 15.4 Å². The van der Waals surface area contributed by atoms with Crippen molar-refractivity contribution in [1.29, 1.82) is 5.26 Å². The first kappa shape index (κ1) is 30.3. The van der Waals surface area contributed by atoms with Gasteiger partial charge in [0.15, 0.2) is 0 Å². The van der Waals surface area contributed by atoms with Crippen molar-refractivity contribution < 1.29 is 14.6 Å². The van der Waals surface area contributed by atoms with Crippen LogP contribution in [0.1, 0.15) is 63.4 Å². The molecule has 37 heavy (non-hydrogen) atoms. The lowest BCUT2D eigenvalue weighted by atomic mass is 10.1. The molecule has 0 amide bonds. The Labute approximate surface area is 224 Å². The maximum absolute atomic E-state index is 10.1. The minimum atomic E-state index is -0.266. The predicted molar refractivity (Wildman–Crippen MR) is 149 cm³/mol. The number of ether oxygens (including phenoxy) is 1. The number of nitriles is 1.